The third kappa shape index (κ3) is 10.9. The summed E-state index contributed by atoms with van der Waals surface area (Å²) in [6.45, 7) is 3.80. The van der Waals surface area contributed by atoms with Gasteiger partial charge in [-0.3, -0.25) is 0 Å². The van der Waals surface area contributed by atoms with Gasteiger partial charge in [0.15, 0.2) is 0 Å². The second kappa shape index (κ2) is 17.0. The molecule has 0 spiro atoms. The molecule has 4 aromatic carbocycles. The fraction of sp³-hybridized carbons (Fsp3) is 0.250. The Morgan fingerprint density at radius 1 is 0.561 bits per heavy atom. The zero-order valence-corrected chi connectivity index (χ0v) is 23.9. The molecule has 0 aliphatic rings. The lowest BCUT2D eigenvalue weighted by molar-refractivity contribution is 0.107. The van der Waals surface area contributed by atoms with Gasteiger partial charge in [0, 0.05) is 37.7 Å². The van der Waals surface area contributed by atoms with Crippen LogP contribution >= 0.6 is 0 Å². The van der Waals surface area contributed by atoms with E-state index in [0.29, 0.717) is 41.4 Å². The monoisotopic (exact) mass is 552 g/mol. The maximum absolute atomic E-state index is 6.01. The summed E-state index contributed by atoms with van der Waals surface area (Å²) in [5.41, 5.74) is 6.62. The lowest BCUT2D eigenvalue weighted by Crippen LogP contribution is -2.21. The van der Waals surface area contributed by atoms with Crippen LogP contribution in [0, 0.1) is 0 Å². The Morgan fingerprint density at radius 2 is 1.00 bits per heavy atom. The van der Waals surface area contributed by atoms with Gasteiger partial charge in [-0.25, -0.2) is 0 Å². The standard InChI is InChI=1S/C32H38B2N2O5/c1-37-31-13-9-29(10-14-31)35-17-19-40-33-27-7-3-5-25(21-27)23-39-24-26-6-4-8-28(22-26)34-41-20-18-36-30-11-15-32(38-2)16-12-30/h3-16,21-22,33-36H,17-20,23-24H2,1-2H3. The van der Waals surface area contributed by atoms with Crippen molar-refractivity contribution in [1.82, 2.24) is 0 Å². The summed E-state index contributed by atoms with van der Waals surface area (Å²) in [5.74, 6) is 1.69. The maximum Gasteiger partial charge on any atom is 0.308 e. The van der Waals surface area contributed by atoms with Crippen molar-refractivity contribution >= 4 is 37.3 Å². The van der Waals surface area contributed by atoms with E-state index in [4.69, 9.17) is 23.5 Å². The molecular formula is C32H38B2N2O5. The van der Waals surface area contributed by atoms with Crippen LogP contribution in [0.3, 0.4) is 0 Å². The highest BCUT2D eigenvalue weighted by molar-refractivity contribution is 6.47. The molecule has 0 amide bonds. The van der Waals surface area contributed by atoms with Crippen LogP contribution in [0.2, 0.25) is 0 Å². The second-order valence-electron chi connectivity index (χ2n) is 9.55. The number of hydrogen-bond donors (Lipinski definition) is 2. The zero-order valence-electron chi connectivity index (χ0n) is 23.9. The minimum atomic E-state index is 0.546. The molecule has 0 radical (unpaired) electrons. The lowest BCUT2D eigenvalue weighted by Gasteiger charge is -2.10. The van der Waals surface area contributed by atoms with E-state index in [-0.39, 0.29) is 0 Å². The summed E-state index contributed by atoms with van der Waals surface area (Å²) in [4.78, 5) is 0. The van der Waals surface area contributed by atoms with Gasteiger partial charge in [-0.2, -0.15) is 0 Å². The topological polar surface area (TPSA) is 70.2 Å². The van der Waals surface area contributed by atoms with E-state index >= 15 is 0 Å². The molecule has 2 N–H and O–H groups in total. The van der Waals surface area contributed by atoms with Crippen LogP contribution in [0.5, 0.6) is 11.5 Å². The number of ether oxygens (including phenoxy) is 3. The van der Waals surface area contributed by atoms with E-state index in [9.17, 15) is 0 Å². The molecule has 41 heavy (non-hydrogen) atoms. The van der Waals surface area contributed by atoms with E-state index in [1.54, 1.807) is 14.2 Å². The van der Waals surface area contributed by atoms with E-state index in [2.05, 4.69) is 59.2 Å². The molecule has 0 atom stereocenters. The summed E-state index contributed by atoms with van der Waals surface area (Å²) in [6.07, 6.45) is 0. The average molecular weight is 552 g/mol. The van der Waals surface area contributed by atoms with Gasteiger partial charge in [-0.1, -0.05) is 59.5 Å². The molecule has 4 rings (SSSR count). The van der Waals surface area contributed by atoms with Crippen molar-refractivity contribution in [2.75, 3.05) is 51.2 Å². The van der Waals surface area contributed by atoms with E-state index < -0.39 is 0 Å². The van der Waals surface area contributed by atoms with E-state index in [0.717, 1.165) is 58.0 Å². The number of methoxy groups -OCH3 is 2. The number of anilines is 2. The van der Waals surface area contributed by atoms with Crippen molar-refractivity contribution in [3.63, 3.8) is 0 Å². The van der Waals surface area contributed by atoms with Crippen molar-refractivity contribution in [3.05, 3.63) is 108 Å². The highest BCUT2D eigenvalue weighted by Crippen LogP contribution is 2.15. The molecule has 212 valence electrons. The van der Waals surface area contributed by atoms with Crippen LogP contribution < -0.4 is 31.0 Å². The Morgan fingerprint density at radius 3 is 1.41 bits per heavy atom. The molecule has 0 aliphatic carbocycles. The number of benzene rings is 4. The summed E-state index contributed by atoms with van der Waals surface area (Å²) in [5, 5.41) is 6.70. The number of rotatable bonds is 18. The summed E-state index contributed by atoms with van der Waals surface area (Å²) >= 11 is 0. The first kappa shape index (κ1) is 30.1. The predicted molar refractivity (Wildman–Crippen MR) is 170 cm³/mol. The molecule has 0 saturated carbocycles. The quantitative estimate of drug-likeness (QED) is 0.144. The largest absolute Gasteiger partial charge is 0.497 e. The van der Waals surface area contributed by atoms with Gasteiger partial charge >= 0.3 is 15.0 Å². The summed E-state index contributed by atoms with van der Waals surface area (Å²) in [7, 11) is 4.46. The van der Waals surface area contributed by atoms with E-state index in [1.165, 1.54) is 0 Å². The molecule has 4 aromatic rings. The van der Waals surface area contributed by atoms with Crippen LogP contribution in [-0.2, 0) is 27.3 Å². The maximum atomic E-state index is 6.01. The molecule has 0 bridgehead atoms. The van der Waals surface area contributed by atoms with Crippen molar-refractivity contribution in [2.45, 2.75) is 13.2 Å². The van der Waals surface area contributed by atoms with Crippen LogP contribution in [-0.4, -0.2) is 55.5 Å². The van der Waals surface area contributed by atoms with Gasteiger partial charge in [0.05, 0.1) is 27.4 Å². The third-order valence-corrected chi connectivity index (χ3v) is 6.39. The molecule has 0 fully saturated rings. The molecule has 0 saturated heterocycles. The average Bonchev–Trinajstić information content (AvgIpc) is 3.02. The van der Waals surface area contributed by atoms with Crippen LogP contribution in [0.25, 0.3) is 0 Å². The van der Waals surface area contributed by atoms with Gasteiger partial charge in [-0.15, -0.1) is 0 Å². The van der Waals surface area contributed by atoms with Crippen molar-refractivity contribution in [1.29, 1.82) is 0 Å². The van der Waals surface area contributed by atoms with Gasteiger partial charge in [-0.05, 0) is 59.7 Å². The molecule has 7 nitrogen and oxygen atoms in total. The fourth-order valence-electron chi connectivity index (χ4n) is 4.24. The first-order valence-electron chi connectivity index (χ1n) is 13.9. The normalized spacial score (nSPS) is 10.6. The molecule has 0 aromatic heterocycles. The highest BCUT2D eigenvalue weighted by atomic mass is 16.5. The minimum Gasteiger partial charge on any atom is -0.497 e. The Bertz CT molecular complexity index is 1210. The molecule has 0 unspecified atom stereocenters. The van der Waals surface area contributed by atoms with E-state index in [1.807, 2.05) is 48.5 Å². The third-order valence-electron chi connectivity index (χ3n) is 6.39. The smallest absolute Gasteiger partial charge is 0.308 e. The first-order chi connectivity index (χ1) is 20.2. The lowest BCUT2D eigenvalue weighted by atomic mass is 9.87. The molecule has 0 aliphatic heterocycles. The van der Waals surface area contributed by atoms with Crippen molar-refractivity contribution < 1.29 is 23.5 Å². The van der Waals surface area contributed by atoms with Gasteiger partial charge in [0.25, 0.3) is 0 Å². The SMILES string of the molecule is COc1ccc(NCCOBc2cccc(COCc3cccc(BOCCNc4ccc(OC)cc4)c3)c2)cc1. The first-order valence-corrected chi connectivity index (χ1v) is 13.9. The van der Waals surface area contributed by atoms with Crippen molar-refractivity contribution in [3.8, 4) is 11.5 Å². The summed E-state index contributed by atoms with van der Waals surface area (Å²) in [6, 6.07) is 32.4. The van der Waals surface area contributed by atoms with Gasteiger partial charge in [0.2, 0.25) is 0 Å². The highest BCUT2D eigenvalue weighted by Gasteiger charge is 2.03. The van der Waals surface area contributed by atoms with Gasteiger partial charge < -0.3 is 34.2 Å². The Hall–Kier alpha value is -3.91. The molecular weight excluding hydrogens is 514 g/mol. The Kier molecular flexibility index (Phi) is 12.5. The Balaban J connectivity index is 1.10. The fourth-order valence-corrected chi connectivity index (χ4v) is 4.24. The van der Waals surface area contributed by atoms with Crippen LogP contribution in [0.1, 0.15) is 11.1 Å². The second-order valence-corrected chi connectivity index (χ2v) is 9.55. The predicted octanol–water partition coefficient (Wildman–Crippen LogP) is 3.63. The zero-order chi connectivity index (χ0) is 28.5. The minimum absolute atomic E-state index is 0.546. The van der Waals surface area contributed by atoms with Crippen LogP contribution in [0.4, 0.5) is 11.4 Å². The molecule has 9 heteroatoms. The van der Waals surface area contributed by atoms with Crippen LogP contribution in [0.15, 0.2) is 97.1 Å². The molecule has 0 heterocycles. The number of nitrogens with one attached hydrogen (secondary N) is 2. The van der Waals surface area contributed by atoms with Crippen molar-refractivity contribution in [2.24, 2.45) is 0 Å². The summed E-state index contributed by atoms with van der Waals surface area (Å²) < 4.78 is 28.1. The number of hydrogen-bond acceptors (Lipinski definition) is 7. The van der Waals surface area contributed by atoms with Gasteiger partial charge in [0.1, 0.15) is 11.5 Å². The Labute approximate surface area is 244 Å².